The Morgan fingerprint density at radius 2 is 1.90 bits per heavy atom. The first-order chi connectivity index (χ1) is 14.3. The number of benzene rings is 2. The molecule has 0 radical (unpaired) electrons. The van der Waals surface area contributed by atoms with Crippen molar-refractivity contribution in [1.29, 1.82) is 0 Å². The Hall–Kier alpha value is -2.90. The molecule has 2 aromatic carbocycles. The minimum Gasteiger partial charge on any atom is -0.390 e. The molecule has 30 heavy (non-hydrogen) atoms. The third kappa shape index (κ3) is 4.80. The lowest BCUT2D eigenvalue weighted by Crippen LogP contribution is -2.38. The number of hydrogen-bond donors (Lipinski definition) is 0. The quantitative estimate of drug-likeness (QED) is 0.632. The highest BCUT2D eigenvalue weighted by molar-refractivity contribution is 6.01. The highest BCUT2D eigenvalue weighted by atomic mass is 19.4. The average molecular weight is 420 g/mol. The molecule has 1 amide bonds. The summed E-state index contributed by atoms with van der Waals surface area (Å²) in [5, 5.41) is 4.02. The zero-order valence-electron chi connectivity index (χ0n) is 16.0. The molecular formula is C22H20F4N2O2. The number of rotatable bonds is 6. The molecule has 158 valence electrons. The molecule has 0 aromatic heterocycles. The predicted molar refractivity (Wildman–Crippen MR) is 102 cm³/mol. The summed E-state index contributed by atoms with van der Waals surface area (Å²) in [5.41, 5.74) is 0.851. The number of halogens is 4. The van der Waals surface area contributed by atoms with E-state index in [-0.39, 0.29) is 30.7 Å². The maximum absolute atomic E-state index is 13.5. The van der Waals surface area contributed by atoms with Crippen molar-refractivity contribution >= 4 is 11.6 Å². The largest absolute Gasteiger partial charge is 0.416 e. The molecule has 4 nitrogen and oxygen atoms in total. The first kappa shape index (κ1) is 20.4. The SMILES string of the molecule is O=C(C1CC1)N(Cc1cccc(C(F)(F)F)c1)CC1CC(c2cccc(F)c2)=NO1. The first-order valence-corrected chi connectivity index (χ1v) is 9.73. The number of carbonyl (C=O) groups is 1. The lowest BCUT2D eigenvalue weighted by atomic mass is 10.0. The molecule has 1 heterocycles. The van der Waals surface area contributed by atoms with Crippen molar-refractivity contribution in [2.24, 2.45) is 11.1 Å². The molecule has 0 N–H and O–H groups in total. The van der Waals surface area contributed by atoms with E-state index < -0.39 is 17.8 Å². The Bertz CT molecular complexity index is 970. The zero-order chi connectivity index (χ0) is 21.3. The molecule has 0 bridgehead atoms. The van der Waals surface area contributed by atoms with E-state index in [1.807, 2.05) is 0 Å². The lowest BCUT2D eigenvalue weighted by Gasteiger charge is -2.25. The Morgan fingerprint density at radius 1 is 1.13 bits per heavy atom. The molecule has 0 saturated heterocycles. The highest BCUT2D eigenvalue weighted by Gasteiger charge is 2.36. The average Bonchev–Trinajstić information content (AvgIpc) is 3.45. The first-order valence-electron chi connectivity index (χ1n) is 9.73. The van der Waals surface area contributed by atoms with Crippen LogP contribution in [0.1, 0.15) is 36.0 Å². The summed E-state index contributed by atoms with van der Waals surface area (Å²) in [6, 6.07) is 11.0. The Balaban J connectivity index is 1.46. The van der Waals surface area contributed by atoms with Crippen LogP contribution in [-0.2, 0) is 22.4 Å². The van der Waals surface area contributed by atoms with Gasteiger partial charge in [0.1, 0.15) is 5.82 Å². The minimum absolute atomic E-state index is 0.0639. The second-order valence-electron chi connectivity index (χ2n) is 7.67. The second-order valence-corrected chi connectivity index (χ2v) is 7.67. The van der Waals surface area contributed by atoms with E-state index in [1.54, 1.807) is 23.1 Å². The van der Waals surface area contributed by atoms with Crippen molar-refractivity contribution in [2.45, 2.75) is 38.1 Å². The second kappa shape index (κ2) is 8.08. The molecule has 1 fully saturated rings. The van der Waals surface area contributed by atoms with Gasteiger partial charge in [0.15, 0.2) is 6.10 Å². The van der Waals surface area contributed by atoms with Crippen LogP contribution in [0.15, 0.2) is 53.7 Å². The Morgan fingerprint density at radius 3 is 2.60 bits per heavy atom. The van der Waals surface area contributed by atoms with Gasteiger partial charge in [0.2, 0.25) is 5.91 Å². The van der Waals surface area contributed by atoms with Gasteiger partial charge in [-0.3, -0.25) is 4.79 Å². The molecule has 0 spiro atoms. The zero-order valence-corrected chi connectivity index (χ0v) is 16.0. The van der Waals surface area contributed by atoms with E-state index in [2.05, 4.69) is 5.16 Å². The summed E-state index contributed by atoms with van der Waals surface area (Å²) in [7, 11) is 0. The van der Waals surface area contributed by atoms with E-state index in [9.17, 15) is 22.4 Å². The van der Waals surface area contributed by atoms with Gasteiger partial charge < -0.3 is 9.74 Å². The number of amides is 1. The van der Waals surface area contributed by atoms with Crippen molar-refractivity contribution in [3.8, 4) is 0 Å². The monoisotopic (exact) mass is 420 g/mol. The van der Waals surface area contributed by atoms with Crippen LogP contribution in [0.3, 0.4) is 0 Å². The molecule has 2 aromatic rings. The summed E-state index contributed by atoms with van der Waals surface area (Å²) < 4.78 is 52.5. The van der Waals surface area contributed by atoms with Crippen LogP contribution in [0.25, 0.3) is 0 Å². The van der Waals surface area contributed by atoms with E-state index in [1.165, 1.54) is 18.2 Å². The number of carbonyl (C=O) groups excluding carboxylic acids is 1. The summed E-state index contributed by atoms with van der Waals surface area (Å²) in [6.45, 7) is 0.266. The van der Waals surface area contributed by atoms with Gasteiger partial charge in [-0.2, -0.15) is 13.2 Å². The van der Waals surface area contributed by atoms with Crippen LogP contribution in [0, 0.1) is 11.7 Å². The fourth-order valence-electron chi connectivity index (χ4n) is 3.50. The van der Waals surface area contributed by atoms with Crippen LogP contribution in [-0.4, -0.2) is 29.2 Å². The van der Waals surface area contributed by atoms with Crippen LogP contribution in [0.2, 0.25) is 0 Å². The van der Waals surface area contributed by atoms with E-state index in [0.717, 1.165) is 25.0 Å². The molecule has 1 unspecified atom stereocenters. The number of hydrogen-bond acceptors (Lipinski definition) is 3. The van der Waals surface area contributed by atoms with Gasteiger partial charge in [-0.05, 0) is 42.7 Å². The van der Waals surface area contributed by atoms with Gasteiger partial charge in [-0.15, -0.1) is 0 Å². The Labute approximate surface area is 171 Å². The van der Waals surface area contributed by atoms with E-state index >= 15 is 0 Å². The molecule has 1 atom stereocenters. The minimum atomic E-state index is -4.44. The van der Waals surface area contributed by atoms with Gasteiger partial charge in [0.05, 0.1) is 17.8 Å². The molecule has 1 aliphatic carbocycles. The smallest absolute Gasteiger partial charge is 0.390 e. The van der Waals surface area contributed by atoms with Crippen molar-refractivity contribution < 1.29 is 27.2 Å². The molecule has 1 aliphatic heterocycles. The topological polar surface area (TPSA) is 41.9 Å². The van der Waals surface area contributed by atoms with E-state index in [0.29, 0.717) is 23.3 Å². The summed E-state index contributed by atoms with van der Waals surface area (Å²) >= 11 is 0. The third-order valence-electron chi connectivity index (χ3n) is 5.18. The van der Waals surface area contributed by atoms with Crippen molar-refractivity contribution in [2.75, 3.05) is 6.54 Å². The number of alkyl halides is 3. The maximum atomic E-state index is 13.5. The number of oxime groups is 1. The normalized spacial score (nSPS) is 18.7. The van der Waals surface area contributed by atoms with Crippen molar-refractivity contribution in [3.63, 3.8) is 0 Å². The summed E-state index contributed by atoms with van der Waals surface area (Å²) in [5.74, 6) is -0.551. The van der Waals surface area contributed by atoms with Gasteiger partial charge in [0, 0.05) is 24.4 Å². The fourth-order valence-corrected chi connectivity index (χ4v) is 3.50. The van der Waals surface area contributed by atoms with Gasteiger partial charge in [-0.1, -0.05) is 29.4 Å². The molecule has 2 aliphatic rings. The standard InChI is InChI=1S/C22H20F4N2O2/c23-18-6-2-4-16(10-18)20-11-19(30-27-20)13-28(21(29)15-7-8-15)12-14-3-1-5-17(9-14)22(24,25)26/h1-6,9-10,15,19H,7-8,11-13H2. The molecule has 8 heteroatoms. The van der Waals surface area contributed by atoms with Crippen LogP contribution in [0.4, 0.5) is 17.6 Å². The maximum Gasteiger partial charge on any atom is 0.416 e. The summed E-state index contributed by atoms with van der Waals surface area (Å²) in [4.78, 5) is 19.7. The highest BCUT2D eigenvalue weighted by Crippen LogP contribution is 2.33. The van der Waals surface area contributed by atoms with Crippen molar-refractivity contribution in [3.05, 3.63) is 71.0 Å². The predicted octanol–water partition coefficient (Wildman–Crippen LogP) is 4.78. The van der Waals surface area contributed by atoms with Crippen LogP contribution in [0.5, 0.6) is 0 Å². The van der Waals surface area contributed by atoms with Gasteiger partial charge >= 0.3 is 6.18 Å². The van der Waals surface area contributed by atoms with Gasteiger partial charge in [-0.25, -0.2) is 4.39 Å². The molecule has 4 rings (SSSR count). The number of nitrogens with zero attached hydrogens (tertiary/aromatic N) is 2. The lowest BCUT2D eigenvalue weighted by molar-refractivity contribution is -0.137. The third-order valence-corrected chi connectivity index (χ3v) is 5.18. The van der Waals surface area contributed by atoms with Gasteiger partial charge in [0.25, 0.3) is 0 Å². The van der Waals surface area contributed by atoms with E-state index in [4.69, 9.17) is 4.84 Å². The fraction of sp³-hybridized carbons (Fsp3) is 0.364. The molecule has 1 saturated carbocycles. The van der Waals surface area contributed by atoms with Crippen LogP contribution < -0.4 is 0 Å². The van der Waals surface area contributed by atoms with Crippen molar-refractivity contribution in [1.82, 2.24) is 4.90 Å². The van der Waals surface area contributed by atoms with Crippen LogP contribution >= 0.6 is 0 Å². The molecular weight excluding hydrogens is 400 g/mol. The Kier molecular flexibility index (Phi) is 5.49. The summed E-state index contributed by atoms with van der Waals surface area (Å²) in [6.07, 6.45) is -2.91.